The molecule has 0 aliphatic rings. The topological polar surface area (TPSA) is 93.5 Å². The van der Waals surface area contributed by atoms with Gasteiger partial charge in [-0.05, 0) is 48.9 Å². The number of nitrogens with zero attached hydrogens (tertiary/aromatic N) is 2. The molecular weight excluding hydrogens is 414 g/mol. The molecule has 2 aromatic carbocycles. The Morgan fingerprint density at radius 3 is 2.81 bits per heavy atom. The number of amides is 1. The number of benzene rings is 2. The van der Waals surface area contributed by atoms with E-state index in [2.05, 4.69) is 16.9 Å². The molecule has 0 radical (unpaired) electrons. The number of nitriles is 1. The molecule has 8 heteroatoms. The minimum atomic E-state index is -0.544. The molecule has 1 aromatic heterocycles. The molecule has 7 nitrogen and oxygen atoms in total. The maximum atomic E-state index is 12.6. The molecule has 1 heterocycles. The number of methoxy groups -OCH3 is 1. The van der Waals surface area contributed by atoms with Gasteiger partial charge in [-0.1, -0.05) is 30.1 Å². The monoisotopic (exact) mass is 435 g/mol. The molecule has 0 saturated carbocycles. The van der Waals surface area contributed by atoms with Crippen molar-refractivity contribution in [2.75, 3.05) is 25.6 Å². The van der Waals surface area contributed by atoms with Crippen LogP contribution in [0.25, 0.3) is 16.3 Å². The van der Waals surface area contributed by atoms with Crippen LogP contribution in [0.15, 0.2) is 54.6 Å². The van der Waals surface area contributed by atoms with E-state index in [1.165, 1.54) is 24.5 Å². The third kappa shape index (κ3) is 5.41. The van der Waals surface area contributed by atoms with E-state index in [9.17, 15) is 10.1 Å². The minimum Gasteiger partial charge on any atom is -0.494 e. The van der Waals surface area contributed by atoms with Crippen LogP contribution in [0.3, 0.4) is 0 Å². The molecule has 1 amide bonds. The number of anilines is 1. The number of rotatable bonds is 9. The molecule has 31 heavy (non-hydrogen) atoms. The Labute approximate surface area is 184 Å². The number of ether oxygens (including phenoxy) is 3. The molecule has 0 atom stereocenters. The highest BCUT2D eigenvalue weighted by molar-refractivity contribution is 7.22. The van der Waals surface area contributed by atoms with Crippen LogP contribution in [-0.2, 0) is 4.79 Å². The molecule has 1 N–H and O–H groups in total. The second-order valence-electron chi connectivity index (χ2n) is 6.22. The van der Waals surface area contributed by atoms with Gasteiger partial charge in [0.1, 0.15) is 24.0 Å². The number of thiazole rings is 1. The first-order valence-corrected chi connectivity index (χ1v) is 10.3. The summed E-state index contributed by atoms with van der Waals surface area (Å²) in [5.74, 6) is 1.23. The molecular formula is C23H21N3O4S. The van der Waals surface area contributed by atoms with Crippen LogP contribution >= 0.6 is 11.3 Å². The van der Waals surface area contributed by atoms with Crippen molar-refractivity contribution in [1.29, 1.82) is 5.26 Å². The molecule has 0 bridgehead atoms. The minimum absolute atomic E-state index is 0.0592. The van der Waals surface area contributed by atoms with Crippen LogP contribution in [0, 0.1) is 11.3 Å². The Morgan fingerprint density at radius 1 is 1.26 bits per heavy atom. The Bertz CT molecular complexity index is 1180. The Morgan fingerprint density at radius 2 is 2.10 bits per heavy atom. The van der Waals surface area contributed by atoms with Gasteiger partial charge in [0.2, 0.25) is 0 Å². The zero-order valence-corrected chi connectivity index (χ0v) is 18.0. The molecule has 0 aliphatic heterocycles. The van der Waals surface area contributed by atoms with Crippen molar-refractivity contribution < 1.29 is 19.0 Å². The van der Waals surface area contributed by atoms with Gasteiger partial charge in [-0.2, -0.15) is 5.26 Å². The summed E-state index contributed by atoms with van der Waals surface area (Å²) in [7, 11) is 1.52. The van der Waals surface area contributed by atoms with Gasteiger partial charge in [-0.25, -0.2) is 4.98 Å². The second-order valence-corrected chi connectivity index (χ2v) is 7.25. The van der Waals surface area contributed by atoms with Crippen molar-refractivity contribution in [3.05, 3.63) is 60.2 Å². The second kappa shape index (κ2) is 10.3. The Hall–Kier alpha value is -3.83. The molecule has 3 aromatic rings. The number of carbonyl (C=O) groups excluding carboxylic acids is 1. The number of fused-ring (bicyclic) bond motifs is 1. The average molecular weight is 436 g/mol. The quantitative estimate of drug-likeness (QED) is 0.294. The number of aromatic nitrogens is 1. The summed E-state index contributed by atoms with van der Waals surface area (Å²) in [6, 6.07) is 12.6. The van der Waals surface area contributed by atoms with Gasteiger partial charge < -0.3 is 14.2 Å². The Balaban J connectivity index is 1.79. The summed E-state index contributed by atoms with van der Waals surface area (Å²) in [5.41, 5.74) is 1.31. The number of nitrogens with one attached hydrogen (secondary N) is 1. The summed E-state index contributed by atoms with van der Waals surface area (Å²) in [4.78, 5) is 17.0. The molecule has 0 aliphatic carbocycles. The summed E-state index contributed by atoms with van der Waals surface area (Å²) in [5, 5.41) is 12.6. The van der Waals surface area contributed by atoms with E-state index in [0.717, 1.165) is 16.0 Å². The maximum absolute atomic E-state index is 12.6. The van der Waals surface area contributed by atoms with Crippen LogP contribution in [0.1, 0.15) is 12.5 Å². The zero-order chi connectivity index (χ0) is 22.2. The van der Waals surface area contributed by atoms with E-state index in [1.807, 2.05) is 31.2 Å². The van der Waals surface area contributed by atoms with Crippen molar-refractivity contribution in [3.63, 3.8) is 0 Å². The van der Waals surface area contributed by atoms with Gasteiger partial charge in [0.25, 0.3) is 5.91 Å². The predicted octanol–water partition coefficient (Wildman–Crippen LogP) is 4.81. The predicted molar refractivity (Wildman–Crippen MR) is 122 cm³/mol. The lowest BCUT2D eigenvalue weighted by atomic mass is 10.1. The summed E-state index contributed by atoms with van der Waals surface area (Å²) >= 11 is 1.31. The highest BCUT2D eigenvalue weighted by Gasteiger charge is 2.14. The lowest BCUT2D eigenvalue weighted by molar-refractivity contribution is -0.112. The van der Waals surface area contributed by atoms with Crippen LogP contribution in [0.2, 0.25) is 0 Å². The van der Waals surface area contributed by atoms with Crippen molar-refractivity contribution in [2.24, 2.45) is 0 Å². The van der Waals surface area contributed by atoms with Gasteiger partial charge >= 0.3 is 0 Å². The van der Waals surface area contributed by atoms with Gasteiger partial charge in [0, 0.05) is 0 Å². The van der Waals surface area contributed by atoms with Crippen LogP contribution < -0.4 is 19.5 Å². The molecule has 0 spiro atoms. The van der Waals surface area contributed by atoms with Crippen molar-refractivity contribution in [3.8, 4) is 23.3 Å². The lowest BCUT2D eigenvalue weighted by Gasteiger charge is -2.10. The van der Waals surface area contributed by atoms with Crippen molar-refractivity contribution >= 4 is 38.7 Å². The number of carbonyl (C=O) groups is 1. The first kappa shape index (κ1) is 21.9. The molecule has 3 rings (SSSR count). The summed E-state index contributed by atoms with van der Waals surface area (Å²) in [6.45, 7) is 6.43. The Kier molecular flexibility index (Phi) is 7.25. The highest BCUT2D eigenvalue weighted by atomic mass is 32.1. The SMILES string of the molecule is C=CCOc1ccc(C=C(C#N)C(=O)Nc2nc3ccc(OCC)cc3s2)cc1OC. The van der Waals surface area contributed by atoms with Gasteiger partial charge in [0.05, 0.1) is 23.9 Å². The normalized spacial score (nSPS) is 10.9. The average Bonchev–Trinajstić information content (AvgIpc) is 3.17. The van der Waals surface area contributed by atoms with Gasteiger partial charge in [-0.15, -0.1) is 0 Å². The van der Waals surface area contributed by atoms with Crippen LogP contribution in [0.4, 0.5) is 5.13 Å². The van der Waals surface area contributed by atoms with E-state index in [1.54, 1.807) is 24.3 Å². The fraction of sp³-hybridized carbons (Fsp3) is 0.174. The summed E-state index contributed by atoms with van der Waals surface area (Å²) < 4.78 is 17.2. The van der Waals surface area contributed by atoms with E-state index in [0.29, 0.717) is 35.4 Å². The lowest BCUT2D eigenvalue weighted by Crippen LogP contribution is -2.13. The van der Waals surface area contributed by atoms with Crippen LogP contribution in [0.5, 0.6) is 17.2 Å². The van der Waals surface area contributed by atoms with E-state index < -0.39 is 5.91 Å². The molecule has 0 saturated heterocycles. The van der Waals surface area contributed by atoms with Gasteiger partial charge in [0.15, 0.2) is 16.6 Å². The van der Waals surface area contributed by atoms with Crippen molar-refractivity contribution in [2.45, 2.75) is 6.92 Å². The van der Waals surface area contributed by atoms with E-state index in [4.69, 9.17) is 14.2 Å². The largest absolute Gasteiger partial charge is 0.494 e. The molecule has 0 fully saturated rings. The molecule has 0 unspecified atom stereocenters. The smallest absolute Gasteiger partial charge is 0.268 e. The third-order valence-electron chi connectivity index (χ3n) is 4.11. The van der Waals surface area contributed by atoms with Crippen molar-refractivity contribution in [1.82, 2.24) is 4.98 Å². The molecule has 158 valence electrons. The summed E-state index contributed by atoms with van der Waals surface area (Å²) in [6.07, 6.45) is 3.11. The first-order valence-electron chi connectivity index (χ1n) is 9.46. The van der Waals surface area contributed by atoms with Gasteiger partial charge in [-0.3, -0.25) is 10.1 Å². The first-order chi connectivity index (χ1) is 15.1. The van der Waals surface area contributed by atoms with E-state index in [-0.39, 0.29) is 5.57 Å². The zero-order valence-electron chi connectivity index (χ0n) is 17.2. The maximum Gasteiger partial charge on any atom is 0.268 e. The van der Waals surface area contributed by atoms with E-state index >= 15 is 0 Å². The fourth-order valence-electron chi connectivity index (χ4n) is 2.74. The standard InChI is InChI=1S/C23H21N3O4S/c1-4-10-30-19-9-6-15(12-20(19)28-3)11-16(14-24)22(27)26-23-25-18-8-7-17(29-5-2)13-21(18)31-23/h4,6-9,11-13H,1,5,10H2,2-3H3,(H,25,26,27). The number of hydrogen-bond donors (Lipinski definition) is 1. The fourth-order valence-corrected chi connectivity index (χ4v) is 3.63. The highest BCUT2D eigenvalue weighted by Crippen LogP contribution is 2.31. The number of hydrogen-bond acceptors (Lipinski definition) is 7. The van der Waals surface area contributed by atoms with Crippen LogP contribution in [-0.4, -0.2) is 31.2 Å². The third-order valence-corrected chi connectivity index (χ3v) is 5.05.